The Bertz CT molecular complexity index is 436. The summed E-state index contributed by atoms with van der Waals surface area (Å²) in [6, 6.07) is 4.56. The maximum Gasteiger partial charge on any atom is 0.168 e. The second kappa shape index (κ2) is 5.97. The highest BCUT2D eigenvalue weighted by atomic mass is 32.1. The number of anilines is 1. The second-order valence-corrected chi connectivity index (χ2v) is 4.49. The molecule has 1 aromatic rings. The molecule has 0 aromatic heterocycles. The molecule has 1 aliphatic heterocycles. The van der Waals surface area contributed by atoms with E-state index in [4.69, 9.17) is 27.4 Å². The van der Waals surface area contributed by atoms with Crippen molar-refractivity contribution in [2.75, 3.05) is 18.5 Å². The van der Waals surface area contributed by atoms with Crippen molar-refractivity contribution in [2.45, 2.75) is 18.9 Å². The molecule has 1 saturated heterocycles. The van der Waals surface area contributed by atoms with E-state index in [-0.39, 0.29) is 16.9 Å². The lowest BCUT2D eigenvalue weighted by Gasteiger charge is -2.15. The minimum atomic E-state index is -0.451. The van der Waals surface area contributed by atoms with E-state index in [1.165, 1.54) is 6.07 Å². The van der Waals surface area contributed by atoms with Crippen molar-refractivity contribution in [2.24, 2.45) is 5.73 Å². The Hall–Kier alpha value is -1.40. The summed E-state index contributed by atoms with van der Waals surface area (Å²) in [4.78, 5) is 0. The summed E-state index contributed by atoms with van der Waals surface area (Å²) in [6.45, 7) is 1.16. The van der Waals surface area contributed by atoms with E-state index < -0.39 is 5.82 Å². The average molecular weight is 270 g/mol. The highest BCUT2D eigenvalue weighted by molar-refractivity contribution is 7.80. The number of benzene rings is 1. The lowest BCUT2D eigenvalue weighted by Crippen LogP contribution is -2.21. The Morgan fingerprint density at radius 2 is 2.44 bits per heavy atom. The van der Waals surface area contributed by atoms with Crippen LogP contribution in [0.3, 0.4) is 0 Å². The van der Waals surface area contributed by atoms with Crippen LogP contribution in [0.1, 0.15) is 12.8 Å². The number of halogens is 1. The Kier molecular flexibility index (Phi) is 4.33. The van der Waals surface area contributed by atoms with Gasteiger partial charge in [0.15, 0.2) is 10.9 Å². The van der Waals surface area contributed by atoms with Crippen molar-refractivity contribution in [3.05, 3.63) is 24.0 Å². The third-order valence-electron chi connectivity index (χ3n) is 2.67. The van der Waals surface area contributed by atoms with Gasteiger partial charge in [-0.25, -0.2) is 4.39 Å². The van der Waals surface area contributed by atoms with E-state index in [2.05, 4.69) is 5.32 Å². The van der Waals surface area contributed by atoms with Crippen LogP contribution >= 0.6 is 12.2 Å². The van der Waals surface area contributed by atoms with Gasteiger partial charge in [-0.15, -0.1) is 0 Å². The fourth-order valence-corrected chi connectivity index (χ4v) is 1.93. The maximum atomic E-state index is 13.6. The predicted molar refractivity (Wildman–Crippen MR) is 71.3 cm³/mol. The molecule has 1 aliphatic rings. The average Bonchev–Trinajstić information content (AvgIpc) is 2.82. The van der Waals surface area contributed by atoms with Crippen LogP contribution in [0.4, 0.5) is 10.1 Å². The fraction of sp³-hybridized carbons (Fsp3) is 0.417. The van der Waals surface area contributed by atoms with Gasteiger partial charge in [0, 0.05) is 6.61 Å². The standard InChI is InChI=1S/C12H15FN2O2S/c13-9-4-1-5-10(11(9)15-12(14)18)17-7-8-3-2-6-16-8/h1,4-5,8H,2-3,6-7H2,(H3,14,15,18). The number of rotatable bonds is 4. The van der Waals surface area contributed by atoms with Crippen LogP contribution in [-0.2, 0) is 4.74 Å². The Labute approximate surface area is 110 Å². The van der Waals surface area contributed by atoms with Gasteiger partial charge in [-0.05, 0) is 37.2 Å². The lowest BCUT2D eigenvalue weighted by molar-refractivity contribution is 0.0681. The van der Waals surface area contributed by atoms with Crippen molar-refractivity contribution in [1.82, 2.24) is 0 Å². The molecule has 18 heavy (non-hydrogen) atoms. The van der Waals surface area contributed by atoms with Crippen LogP contribution in [0, 0.1) is 5.82 Å². The molecule has 0 aliphatic carbocycles. The topological polar surface area (TPSA) is 56.5 Å². The van der Waals surface area contributed by atoms with E-state index in [1.807, 2.05) is 0 Å². The summed E-state index contributed by atoms with van der Waals surface area (Å²) in [5.74, 6) is -0.0639. The van der Waals surface area contributed by atoms with Crippen LogP contribution < -0.4 is 15.8 Å². The Morgan fingerprint density at radius 3 is 3.11 bits per heavy atom. The van der Waals surface area contributed by atoms with E-state index in [9.17, 15) is 4.39 Å². The summed E-state index contributed by atoms with van der Waals surface area (Å²) >= 11 is 4.71. The molecule has 1 unspecified atom stereocenters. The minimum absolute atomic E-state index is 0.00191. The molecule has 0 bridgehead atoms. The van der Waals surface area contributed by atoms with Crippen LogP contribution in [0.15, 0.2) is 18.2 Å². The summed E-state index contributed by atoms with van der Waals surface area (Å²) < 4.78 is 24.6. The lowest BCUT2D eigenvalue weighted by atomic mass is 10.2. The van der Waals surface area contributed by atoms with Crippen LogP contribution in [-0.4, -0.2) is 24.4 Å². The van der Waals surface area contributed by atoms with Gasteiger partial charge in [0.25, 0.3) is 0 Å². The van der Waals surface area contributed by atoms with Gasteiger partial charge < -0.3 is 20.5 Å². The first-order valence-corrected chi connectivity index (χ1v) is 6.17. The van der Waals surface area contributed by atoms with Crippen molar-refractivity contribution in [3.63, 3.8) is 0 Å². The first kappa shape index (κ1) is 13.0. The quantitative estimate of drug-likeness (QED) is 0.820. The van der Waals surface area contributed by atoms with Gasteiger partial charge in [0.2, 0.25) is 0 Å². The highest BCUT2D eigenvalue weighted by Crippen LogP contribution is 2.28. The minimum Gasteiger partial charge on any atom is -0.489 e. The molecular formula is C12H15FN2O2S. The normalized spacial score (nSPS) is 18.6. The number of thiocarbonyl (C=S) groups is 1. The van der Waals surface area contributed by atoms with E-state index >= 15 is 0 Å². The summed E-state index contributed by atoms with van der Waals surface area (Å²) in [6.07, 6.45) is 2.08. The monoisotopic (exact) mass is 270 g/mol. The zero-order valence-corrected chi connectivity index (χ0v) is 10.6. The van der Waals surface area contributed by atoms with Crippen molar-refractivity contribution < 1.29 is 13.9 Å². The van der Waals surface area contributed by atoms with E-state index in [1.54, 1.807) is 12.1 Å². The number of hydrogen-bond acceptors (Lipinski definition) is 3. The SMILES string of the molecule is NC(=S)Nc1c(F)cccc1OCC1CCCO1. The van der Waals surface area contributed by atoms with Gasteiger partial charge >= 0.3 is 0 Å². The molecule has 2 rings (SSSR count). The molecule has 3 N–H and O–H groups in total. The van der Waals surface area contributed by atoms with Crippen LogP contribution in [0.2, 0.25) is 0 Å². The fourth-order valence-electron chi connectivity index (χ4n) is 1.83. The number of para-hydroxylation sites is 1. The molecule has 0 saturated carbocycles. The number of nitrogens with one attached hydrogen (secondary N) is 1. The molecule has 0 radical (unpaired) electrons. The summed E-state index contributed by atoms with van der Waals surface area (Å²) in [5.41, 5.74) is 5.52. The molecule has 6 heteroatoms. The Balaban J connectivity index is 2.05. The molecule has 1 atom stereocenters. The molecule has 0 amide bonds. The van der Waals surface area contributed by atoms with Crippen molar-refractivity contribution >= 4 is 23.0 Å². The highest BCUT2D eigenvalue weighted by Gasteiger charge is 2.17. The molecule has 0 spiro atoms. The largest absolute Gasteiger partial charge is 0.489 e. The molecule has 1 aromatic carbocycles. The molecular weight excluding hydrogens is 255 g/mol. The predicted octanol–water partition coefficient (Wildman–Crippen LogP) is 2.04. The molecule has 1 fully saturated rings. The Morgan fingerprint density at radius 1 is 1.61 bits per heavy atom. The summed E-state index contributed by atoms with van der Waals surface area (Å²) in [7, 11) is 0. The van der Waals surface area contributed by atoms with Gasteiger partial charge in [-0.2, -0.15) is 0 Å². The summed E-state index contributed by atoms with van der Waals surface area (Å²) in [5, 5.41) is 2.59. The van der Waals surface area contributed by atoms with E-state index in [0.29, 0.717) is 12.4 Å². The van der Waals surface area contributed by atoms with E-state index in [0.717, 1.165) is 19.4 Å². The van der Waals surface area contributed by atoms with Gasteiger partial charge in [-0.1, -0.05) is 6.07 Å². The van der Waals surface area contributed by atoms with Crippen molar-refractivity contribution in [3.8, 4) is 5.75 Å². The van der Waals surface area contributed by atoms with Gasteiger partial charge in [-0.3, -0.25) is 0 Å². The van der Waals surface area contributed by atoms with Crippen molar-refractivity contribution in [1.29, 1.82) is 0 Å². The smallest absolute Gasteiger partial charge is 0.168 e. The van der Waals surface area contributed by atoms with Gasteiger partial charge in [0.1, 0.15) is 18.0 Å². The third kappa shape index (κ3) is 3.30. The zero-order valence-electron chi connectivity index (χ0n) is 9.82. The number of ether oxygens (including phenoxy) is 2. The number of nitrogens with two attached hydrogens (primary N) is 1. The molecule has 1 heterocycles. The maximum absolute atomic E-state index is 13.6. The zero-order chi connectivity index (χ0) is 13.0. The van der Waals surface area contributed by atoms with Crippen LogP contribution in [0.5, 0.6) is 5.75 Å². The first-order valence-electron chi connectivity index (χ1n) is 5.76. The second-order valence-electron chi connectivity index (χ2n) is 4.05. The third-order valence-corrected chi connectivity index (χ3v) is 2.77. The number of hydrogen-bond donors (Lipinski definition) is 2. The molecule has 4 nitrogen and oxygen atoms in total. The first-order chi connectivity index (χ1) is 8.66. The molecule has 98 valence electrons. The van der Waals surface area contributed by atoms with Crippen LogP contribution in [0.25, 0.3) is 0 Å². The van der Waals surface area contributed by atoms with Gasteiger partial charge in [0.05, 0.1) is 6.10 Å².